The number of aromatic nitrogens is 3. The molecular formula is C28H39N7O5S. The molecule has 5 rings (SSSR count). The molecule has 0 aliphatic carbocycles. The van der Waals surface area contributed by atoms with Crippen molar-refractivity contribution < 1.29 is 23.8 Å². The molecule has 0 spiro atoms. The van der Waals surface area contributed by atoms with Gasteiger partial charge in [-0.25, -0.2) is 9.97 Å². The summed E-state index contributed by atoms with van der Waals surface area (Å²) in [5, 5.41) is 16.8. The number of nitrogens with zero attached hydrogens (tertiary/aromatic N) is 5. The lowest BCUT2D eigenvalue weighted by Crippen LogP contribution is -2.42. The minimum atomic E-state index is -0.720. The van der Waals surface area contributed by atoms with Gasteiger partial charge in [0.2, 0.25) is 5.95 Å². The number of rotatable bonds is 12. The van der Waals surface area contributed by atoms with Crippen LogP contribution in [0.4, 0.5) is 11.8 Å². The fourth-order valence-electron chi connectivity index (χ4n) is 4.58. The highest BCUT2D eigenvalue weighted by molar-refractivity contribution is 7.59. The number of ether oxygens (including phenoxy) is 2. The number of oxazole rings is 1. The minimum absolute atomic E-state index is 0. The molecule has 222 valence electrons. The molecule has 12 nitrogen and oxygen atoms in total. The maximum atomic E-state index is 13.0. The van der Waals surface area contributed by atoms with Gasteiger partial charge in [0.05, 0.1) is 31.1 Å². The number of benzene rings is 1. The molecule has 41 heavy (non-hydrogen) atoms. The number of hydrogen-bond donors (Lipinski definition) is 3. The largest absolute Gasteiger partial charge is 0.486 e. The quantitative estimate of drug-likeness (QED) is 0.287. The van der Waals surface area contributed by atoms with Crippen LogP contribution in [0.2, 0.25) is 0 Å². The van der Waals surface area contributed by atoms with Gasteiger partial charge in [-0.15, -0.1) is 0 Å². The highest BCUT2D eigenvalue weighted by Gasteiger charge is 2.23. The van der Waals surface area contributed by atoms with Gasteiger partial charge in [-0.1, -0.05) is 6.07 Å². The zero-order valence-corrected chi connectivity index (χ0v) is 24.7. The van der Waals surface area contributed by atoms with Gasteiger partial charge in [-0.05, 0) is 43.5 Å². The molecular weight excluding hydrogens is 546 g/mol. The number of fused-ring (bicyclic) bond motifs is 1. The van der Waals surface area contributed by atoms with Crippen LogP contribution in [0.3, 0.4) is 0 Å². The molecule has 2 aliphatic rings. The van der Waals surface area contributed by atoms with Crippen LogP contribution >= 0.6 is 13.5 Å². The first-order valence-corrected chi connectivity index (χ1v) is 13.6. The standard InChI is InChI=1S/C28H37N7O5.H2S/c1-4-34(3)28-32-24(10-26(33-28)31-21-14-38-15-21)27(37)29-11-22(36)13-35-8-7-19-9-23(6-5-20(19)12-35)39-16-25-18(2)30-17-40-25;/h5-6,9-10,17,21-22,36H,4,7-8,11-16H2,1-3H3,(H,29,37)(H,31,32,33);1H2/t22-;/m0./s1. The van der Waals surface area contributed by atoms with E-state index in [0.29, 0.717) is 44.7 Å². The Hall–Kier alpha value is -3.39. The number of β-amino-alcohol motifs (C(OH)–C–C–N with tert-alkyl or cyclic N) is 1. The number of carbonyl (C=O) groups excluding carboxylic acids is 1. The summed E-state index contributed by atoms with van der Waals surface area (Å²) < 4.78 is 16.5. The van der Waals surface area contributed by atoms with E-state index in [1.165, 1.54) is 17.5 Å². The first-order valence-electron chi connectivity index (χ1n) is 13.6. The van der Waals surface area contributed by atoms with Gasteiger partial charge in [0.15, 0.2) is 12.2 Å². The number of aliphatic hydroxyl groups is 1. The van der Waals surface area contributed by atoms with Crippen molar-refractivity contribution in [3.63, 3.8) is 0 Å². The monoisotopic (exact) mass is 585 g/mol. The van der Waals surface area contributed by atoms with E-state index >= 15 is 0 Å². The maximum Gasteiger partial charge on any atom is 0.270 e. The fourth-order valence-corrected chi connectivity index (χ4v) is 4.58. The smallest absolute Gasteiger partial charge is 0.270 e. The molecule has 4 heterocycles. The Kier molecular flexibility index (Phi) is 10.4. The van der Waals surface area contributed by atoms with Crippen LogP contribution in [0.25, 0.3) is 0 Å². The number of aliphatic hydroxyl groups excluding tert-OH is 1. The number of anilines is 2. The third kappa shape index (κ3) is 7.88. The molecule has 1 fully saturated rings. The van der Waals surface area contributed by atoms with Crippen molar-refractivity contribution in [3.05, 3.63) is 58.9 Å². The first-order chi connectivity index (χ1) is 19.4. The van der Waals surface area contributed by atoms with Crippen LogP contribution in [0.15, 0.2) is 35.1 Å². The SMILES string of the molecule is CCN(C)c1nc(NC2COC2)cc(C(=O)NC[C@H](O)CN2CCc3cc(OCc4ocnc4C)ccc3C2)n1.S. The van der Waals surface area contributed by atoms with Crippen LogP contribution in [0.1, 0.15) is 40.0 Å². The zero-order valence-electron chi connectivity index (χ0n) is 23.7. The maximum absolute atomic E-state index is 13.0. The van der Waals surface area contributed by atoms with Crippen molar-refractivity contribution in [1.29, 1.82) is 0 Å². The number of aryl methyl sites for hydroxylation is 1. The highest BCUT2D eigenvalue weighted by atomic mass is 32.1. The van der Waals surface area contributed by atoms with Crippen molar-refractivity contribution in [2.45, 2.75) is 45.6 Å². The number of nitrogens with one attached hydrogen (secondary N) is 2. The Bertz CT molecular complexity index is 1320. The summed E-state index contributed by atoms with van der Waals surface area (Å²) in [6.07, 6.45) is 1.56. The Morgan fingerprint density at radius 2 is 2.10 bits per heavy atom. The molecule has 1 aromatic carbocycles. The highest BCUT2D eigenvalue weighted by Crippen LogP contribution is 2.25. The molecule has 1 atom stereocenters. The summed E-state index contributed by atoms with van der Waals surface area (Å²) >= 11 is 0. The molecule has 0 unspecified atom stereocenters. The van der Waals surface area contributed by atoms with E-state index in [9.17, 15) is 9.90 Å². The number of amides is 1. The van der Waals surface area contributed by atoms with E-state index in [2.05, 4.69) is 42.6 Å². The average molecular weight is 586 g/mol. The van der Waals surface area contributed by atoms with Gasteiger partial charge in [-0.2, -0.15) is 18.5 Å². The van der Waals surface area contributed by atoms with Gasteiger partial charge in [0.1, 0.15) is 23.9 Å². The second-order valence-electron chi connectivity index (χ2n) is 10.3. The molecule has 3 aromatic rings. The Balaban J connectivity index is 0.00000387. The van der Waals surface area contributed by atoms with E-state index in [-0.39, 0.29) is 37.7 Å². The summed E-state index contributed by atoms with van der Waals surface area (Å²) in [7, 11) is 1.88. The van der Waals surface area contributed by atoms with Gasteiger partial charge in [0.25, 0.3) is 5.91 Å². The molecule has 1 saturated heterocycles. The van der Waals surface area contributed by atoms with E-state index in [1.807, 2.05) is 31.9 Å². The summed E-state index contributed by atoms with van der Waals surface area (Å²) in [5.74, 6) is 2.21. The topological polar surface area (TPSA) is 138 Å². The molecule has 3 N–H and O–H groups in total. The normalized spacial score (nSPS) is 15.7. The lowest BCUT2D eigenvalue weighted by Gasteiger charge is -2.30. The fraction of sp³-hybridized carbons (Fsp3) is 0.500. The van der Waals surface area contributed by atoms with Crippen molar-refractivity contribution in [3.8, 4) is 5.75 Å². The van der Waals surface area contributed by atoms with E-state index in [4.69, 9.17) is 13.9 Å². The molecule has 13 heteroatoms. The van der Waals surface area contributed by atoms with Crippen molar-refractivity contribution in [2.75, 3.05) is 56.7 Å². The molecule has 2 aliphatic heterocycles. The number of hydrogen-bond acceptors (Lipinski definition) is 11. The number of carbonyl (C=O) groups is 1. The lowest BCUT2D eigenvalue weighted by molar-refractivity contribution is 0.0209. The third-order valence-electron chi connectivity index (χ3n) is 7.20. The van der Waals surface area contributed by atoms with Gasteiger partial charge < -0.3 is 34.5 Å². The zero-order chi connectivity index (χ0) is 28.1. The second-order valence-corrected chi connectivity index (χ2v) is 10.3. The predicted molar refractivity (Wildman–Crippen MR) is 159 cm³/mol. The third-order valence-corrected chi connectivity index (χ3v) is 7.20. The Labute approximate surface area is 246 Å². The van der Waals surface area contributed by atoms with Crippen LogP contribution in [-0.4, -0.2) is 89.5 Å². The Morgan fingerprint density at radius 1 is 1.27 bits per heavy atom. The first kappa shape index (κ1) is 30.6. The summed E-state index contributed by atoms with van der Waals surface area (Å²) in [6.45, 7) is 8.24. The van der Waals surface area contributed by atoms with Crippen molar-refractivity contribution >= 4 is 31.2 Å². The molecule has 0 saturated carbocycles. The summed E-state index contributed by atoms with van der Waals surface area (Å²) in [4.78, 5) is 30.1. The minimum Gasteiger partial charge on any atom is -0.486 e. The van der Waals surface area contributed by atoms with Crippen LogP contribution < -0.4 is 20.3 Å². The van der Waals surface area contributed by atoms with Crippen LogP contribution in [0.5, 0.6) is 5.75 Å². The van der Waals surface area contributed by atoms with Gasteiger partial charge in [0, 0.05) is 45.8 Å². The van der Waals surface area contributed by atoms with Crippen molar-refractivity contribution in [1.82, 2.24) is 25.2 Å². The van der Waals surface area contributed by atoms with Gasteiger partial charge in [-0.3, -0.25) is 9.69 Å². The average Bonchev–Trinajstić information content (AvgIpc) is 3.36. The lowest BCUT2D eigenvalue weighted by atomic mass is 9.99. The molecule has 0 bridgehead atoms. The van der Waals surface area contributed by atoms with Crippen LogP contribution in [-0.2, 0) is 24.3 Å². The van der Waals surface area contributed by atoms with E-state index in [1.54, 1.807) is 6.07 Å². The van der Waals surface area contributed by atoms with Crippen LogP contribution in [0, 0.1) is 6.92 Å². The molecule has 2 aromatic heterocycles. The van der Waals surface area contributed by atoms with Gasteiger partial charge >= 0.3 is 0 Å². The summed E-state index contributed by atoms with van der Waals surface area (Å²) in [5.41, 5.74) is 3.52. The van der Waals surface area contributed by atoms with Crippen molar-refractivity contribution in [2.24, 2.45) is 0 Å². The van der Waals surface area contributed by atoms with E-state index < -0.39 is 6.10 Å². The second kappa shape index (κ2) is 14.0. The molecule has 0 radical (unpaired) electrons. The predicted octanol–water partition coefficient (Wildman–Crippen LogP) is 1.88. The summed E-state index contributed by atoms with van der Waals surface area (Å²) in [6, 6.07) is 7.91. The molecule has 1 amide bonds. The van der Waals surface area contributed by atoms with E-state index in [0.717, 1.165) is 36.7 Å². The Morgan fingerprint density at radius 3 is 2.80 bits per heavy atom.